The van der Waals surface area contributed by atoms with E-state index in [0.29, 0.717) is 19.1 Å². The van der Waals surface area contributed by atoms with Crippen LogP contribution in [0.3, 0.4) is 0 Å². The molecule has 2 N–H and O–H groups in total. The maximum atomic E-state index is 12.7. The number of nitrogens with one attached hydrogen (secondary N) is 2. The number of aliphatic imine (C=N–C) groups is 1. The van der Waals surface area contributed by atoms with Crippen LogP contribution >= 0.6 is 24.0 Å². The molecule has 1 saturated heterocycles. The number of carbonyl (C=O) groups excluding carboxylic acids is 1. The Kier molecular flexibility index (Phi) is 9.84. The second kappa shape index (κ2) is 12.8. The third-order valence-electron chi connectivity index (χ3n) is 6.39. The maximum absolute atomic E-state index is 12.7. The smallest absolute Gasteiger partial charge is 0.225 e. The van der Waals surface area contributed by atoms with Gasteiger partial charge in [-0.25, -0.2) is 0 Å². The van der Waals surface area contributed by atoms with Crippen LogP contribution in [0.1, 0.15) is 32.1 Å². The number of carbonyl (C=O) groups is 1. The zero-order valence-electron chi connectivity index (χ0n) is 19.3. The molecular weight excluding hydrogens is 527 g/mol. The highest BCUT2D eigenvalue weighted by Gasteiger charge is 2.32. The molecule has 1 aliphatic heterocycles. The van der Waals surface area contributed by atoms with Gasteiger partial charge in [0.25, 0.3) is 0 Å². The van der Waals surface area contributed by atoms with Crippen molar-refractivity contribution < 1.29 is 9.53 Å². The van der Waals surface area contributed by atoms with Gasteiger partial charge in [-0.05, 0) is 30.9 Å². The first-order valence-electron chi connectivity index (χ1n) is 11.8. The van der Waals surface area contributed by atoms with Gasteiger partial charge >= 0.3 is 0 Å². The van der Waals surface area contributed by atoms with Crippen LogP contribution in [0.4, 0.5) is 0 Å². The average Bonchev–Trinajstić information content (AvgIpc) is 3.54. The molecule has 0 spiro atoms. The summed E-state index contributed by atoms with van der Waals surface area (Å²) in [6.07, 6.45) is 5.47. The van der Waals surface area contributed by atoms with Crippen LogP contribution in [0.2, 0.25) is 0 Å². The largest absolute Gasteiger partial charge is 0.491 e. The maximum Gasteiger partial charge on any atom is 0.225 e. The standard InChI is InChI=1S/C26H34N4O2.HI/c1-27-26(29-22-15-17-30(19-22)25(31)21-11-5-6-12-21)28-16-18-32-24-14-8-7-13-23(24)20-9-3-2-4-10-20;/h2-4,7-10,13-14,21-22H,5-6,11-12,15-19H2,1H3,(H2,27,28,29);1H. The third-order valence-corrected chi connectivity index (χ3v) is 6.39. The van der Waals surface area contributed by atoms with Gasteiger partial charge in [0.05, 0.1) is 6.54 Å². The van der Waals surface area contributed by atoms with E-state index in [4.69, 9.17) is 4.74 Å². The fraction of sp³-hybridized carbons (Fsp3) is 0.462. The lowest BCUT2D eigenvalue weighted by Gasteiger charge is -2.21. The van der Waals surface area contributed by atoms with E-state index in [1.807, 2.05) is 41.3 Å². The minimum atomic E-state index is 0. The quantitative estimate of drug-likeness (QED) is 0.229. The SMILES string of the molecule is CN=C(NCCOc1ccccc1-c1ccccc1)NC1CCN(C(=O)C2CCCC2)C1.I. The number of hydrogen-bond acceptors (Lipinski definition) is 3. The molecule has 2 aliphatic rings. The number of nitrogens with zero attached hydrogens (tertiary/aromatic N) is 2. The van der Waals surface area contributed by atoms with Crippen molar-refractivity contribution in [1.82, 2.24) is 15.5 Å². The van der Waals surface area contributed by atoms with Crippen LogP contribution in [-0.2, 0) is 4.79 Å². The summed E-state index contributed by atoms with van der Waals surface area (Å²) >= 11 is 0. The Bertz CT molecular complexity index is 916. The first kappa shape index (κ1) is 25.3. The predicted octanol–water partition coefficient (Wildman–Crippen LogP) is 4.31. The number of para-hydroxylation sites is 1. The molecule has 2 fully saturated rings. The van der Waals surface area contributed by atoms with Gasteiger partial charge in [-0.3, -0.25) is 9.79 Å². The molecule has 1 heterocycles. The lowest BCUT2D eigenvalue weighted by Crippen LogP contribution is -2.46. The molecule has 1 atom stereocenters. The van der Waals surface area contributed by atoms with E-state index in [1.165, 1.54) is 12.8 Å². The molecule has 33 heavy (non-hydrogen) atoms. The normalized spacial score (nSPS) is 18.6. The number of hydrogen-bond donors (Lipinski definition) is 2. The molecule has 1 aliphatic carbocycles. The van der Waals surface area contributed by atoms with E-state index in [2.05, 4.69) is 33.8 Å². The Morgan fingerprint density at radius 3 is 2.55 bits per heavy atom. The Balaban J connectivity index is 0.00000306. The van der Waals surface area contributed by atoms with Crippen molar-refractivity contribution in [2.45, 2.75) is 38.1 Å². The first-order valence-corrected chi connectivity index (χ1v) is 11.8. The summed E-state index contributed by atoms with van der Waals surface area (Å²) in [7, 11) is 1.78. The van der Waals surface area contributed by atoms with Crippen LogP contribution in [0.25, 0.3) is 11.1 Å². The summed E-state index contributed by atoms with van der Waals surface area (Å²) in [4.78, 5) is 19.0. The van der Waals surface area contributed by atoms with E-state index >= 15 is 0 Å². The molecule has 0 aromatic heterocycles. The van der Waals surface area contributed by atoms with Crippen molar-refractivity contribution in [3.63, 3.8) is 0 Å². The minimum absolute atomic E-state index is 0. The van der Waals surface area contributed by atoms with Crippen molar-refractivity contribution in [2.24, 2.45) is 10.9 Å². The monoisotopic (exact) mass is 562 g/mol. The molecule has 6 nitrogen and oxygen atoms in total. The summed E-state index contributed by atoms with van der Waals surface area (Å²) in [5, 5.41) is 6.80. The van der Waals surface area contributed by atoms with Crippen molar-refractivity contribution in [1.29, 1.82) is 0 Å². The molecule has 7 heteroatoms. The van der Waals surface area contributed by atoms with Gasteiger partial charge in [-0.2, -0.15) is 0 Å². The first-order chi connectivity index (χ1) is 15.7. The fourth-order valence-electron chi connectivity index (χ4n) is 4.68. The van der Waals surface area contributed by atoms with Crippen LogP contribution < -0.4 is 15.4 Å². The van der Waals surface area contributed by atoms with Crippen molar-refractivity contribution in [2.75, 3.05) is 33.3 Å². The molecule has 2 aromatic carbocycles. The topological polar surface area (TPSA) is 66.0 Å². The Morgan fingerprint density at radius 2 is 1.79 bits per heavy atom. The Labute approximate surface area is 214 Å². The Morgan fingerprint density at radius 1 is 1.06 bits per heavy atom. The highest BCUT2D eigenvalue weighted by Crippen LogP contribution is 2.29. The van der Waals surface area contributed by atoms with E-state index in [1.54, 1.807) is 7.05 Å². The molecular formula is C26H35IN4O2. The van der Waals surface area contributed by atoms with Gasteiger partial charge in [-0.1, -0.05) is 61.4 Å². The summed E-state index contributed by atoms with van der Waals surface area (Å²) in [6.45, 7) is 2.77. The number of likely N-dealkylation sites (tertiary alicyclic amines) is 1. The number of guanidine groups is 1. The molecule has 1 saturated carbocycles. The number of benzene rings is 2. The van der Waals surface area contributed by atoms with E-state index < -0.39 is 0 Å². The van der Waals surface area contributed by atoms with Crippen molar-refractivity contribution >= 4 is 35.8 Å². The number of rotatable bonds is 7. The van der Waals surface area contributed by atoms with Gasteiger partial charge in [-0.15, -0.1) is 24.0 Å². The molecule has 1 unspecified atom stereocenters. The highest BCUT2D eigenvalue weighted by molar-refractivity contribution is 14.0. The highest BCUT2D eigenvalue weighted by atomic mass is 127. The van der Waals surface area contributed by atoms with Crippen LogP contribution in [-0.4, -0.2) is 56.1 Å². The lowest BCUT2D eigenvalue weighted by atomic mass is 10.1. The van der Waals surface area contributed by atoms with Crippen molar-refractivity contribution in [3.8, 4) is 16.9 Å². The molecule has 0 radical (unpaired) electrons. The summed E-state index contributed by atoms with van der Waals surface area (Å²) < 4.78 is 6.06. The van der Waals surface area contributed by atoms with Gasteiger partial charge in [0.2, 0.25) is 5.91 Å². The molecule has 2 aromatic rings. The molecule has 4 rings (SSSR count). The zero-order chi connectivity index (χ0) is 22.2. The second-order valence-electron chi connectivity index (χ2n) is 8.61. The number of amides is 1. The van der Waals surface area contributed by atoms with Gasteiger partial charge in [0, 0.05) is 37.7 Å². The fourth-order valence-corrected chi connectivity index (χ4v) is 4.68. The summed E-state index contributed by atoms with van der Waals surface area (Å²) in [5.41, 5.74) is 2.24. The Hall–Kier alpha value is -2.29. The second-order valence-corrected chi connectivity index (χ2v) is 8.61. The summed E-state index contributed by atoms with van der Waals surface area (Å²) in [6, 6.07) is 18.6. The van der Waals surface area contributed by atoms with E-state index in [9.17, 15) is 4.79 Å². The molecule has 178 valence electrons. The van der Waals surface area contributed by atoms with Gasteiger partial charge in [0.1, 0.15) is 12.4 Å². The minimum Gasteiger partial charge on any atom is -0.491 e. The van der Waals surface area contributed by atoms with Crippen LogP contribution in [0.5, 0.6) is 5.75 Å². The van der Waals surface area contributed by atoms with Crippen LogP contribution in [0, 0.1) is 5.92 Å². The predicted molar refractivity (Wildman–Crippen MR) is 144 cm³/mol. The lowest BCUT2D eigenvalue weighted by molar-refractivity contribution is -0.134. The van der Waals surface area contributed by atoms with Crippen molar-refractivity contribution in [3.05, 3.63) is 54.6 Å². The van der Waals surface area contributed by atoms with E-state index in [-0.39, 0.29) is 35.9 Å². The van der Waals surface area contributed by atoms with Gasteiger partial charge < -0.3 is 20.3 Å². The molecule has 0 bridgehead atoms. The molecule has 1 amide bonds. The van der Waals surface area contributed by atoms with Crippen LogP contribution in [0.15, 0.2) is 59.6 Å². The number of ether oxygens (including phenoxy) is 1. The van der Waals surface area contributed by atoms with E-state index in [0.717, 1.165) is 55.2 Å². The average molecular weight is 562 g/mol. The zero-order valence-corrected chi connectivity index (χ0v) is 21.7. The summed E-state index contributed by atoms with van der Waals surface area (Å²) in [5.74, 6) is 2.23. The third kappa shape index (κ3) is 6.85. The number of halogens is 1. The van der Waals surface area contributed by atoms with Gasteiger partial charge in [0.15, 0.2) is 5.96 Å².